The fraction of sp³-hybridized carbons (Fsp3) is 0.120. The van der Waals surface area contributed by atoms with Crippen molar-refractivity contribution in [2.24, 2.45) is 0 Å². The standard InChI is InChI=1S/C25H21BrN2O2/c1-18(20-7-3-2-4-8-20)28-25(29)22(16-27)15-21-9-5-6-10-24(21)30-17-19-11-13-23(26)14-12-19/h2-15,18H,17H2,1H3,(H,28,29)/b22-15+/t18-/m0/s1. The van der Waals surface area contributed by atoms with E-state index in [-0.39, 0.29) is 11.6 Å². The number of halogens is 1. The van der Waals surface area contributed by atoms with Crippen LogP contribution in [0, 0.1) is 11.3 Å². The number of nitrogens with one attached hydrogen (secondary N) is 1. The van der Waals surface area contributed by atoms with Gasteiger partial charge in [0.1, 0.15) is 24.0 Å². The second kappa shape index (κ2) is 10.4. The lowest BCUT2D eigenvalue weighted by Gasteiger charge is -2.14. The summed E-state index contributed by atoms with van der Waals surface area (Å²) in [5.74, 6) is 0.189. The Bertz CT molecular complexity index is 1070. The van der Waals surface area contributed by atoms with Gasteiger partial charge in [0.05, 0.1) is 6.04 Å². The van der Waals surface area contributed by atoms with Gasteiger partial charge in [-0.2, -0.15) is 5.26 Å². The van der Waals surface area contributed by atoms with Crippen LogP contribution in [0.15, 0.2) is 88.9 Å². The summed E-state index contributed by atoms with van der Waals surface area (Å²) in [7, 11) is 0. The third-order valence-electron chi connectivity index (χ3n) is 4.54. The largest absolute Gasteiger partial charge is 0.488 e. The van der Waals surface area contributed by atoms with Gasteiger partial charge in [-0.25, -0.2) is 0 Å². The zero-order valence-electron chi connectivity index (χ0n) is 16.5. The number of ether oxygens (including phenoxy) is 1. The molecule has 30 heavy (non-hydrogen) atoms. The van der Waals surface area contributed by atoms with Crippen LogP contribution in [0.3, 0.4) is 0 Å². The lowest BCUT2D eigenvalue weighted by Crippen LogP contribution is -2.27. The molecule has 150 valence electrons. The summed E-state index contributed by atoms with van der Waals surface area (Å²) in [6, 6.07) is 26.6. The summed E-state index contributed by atoms with van der Waals surface area (Å²) in [6.45, 7) is 2.27. The topological polar surface area (TPSA) is 62.1 Å². The molecule has 1 N–H and O–H groups in total. The Morgan fingerprint density at radius 1 is 1.07 bits per heavy atom. The van der Waals surface area contributed by atoms with Crippen molar-refractivity contribution in [3.63, 3.8) is 0 Å². The van der Waals surface area contributed by atoms with Crippen LogP contribution >= 0.6 is 15.9 Å². The molecule has 0 radical (unpaired) electrons. The second-order valence-corrected chi connectivity index (χ2v) is 7.64. The molecule has 0 aromatic heterocycles. The van der Waals surface area contributed by atoms with Crippen LogP contribution in [0.1, 0.15) is 29.7 Å². The van der Waals surface area contributed by atoms with Gasteiger partial charge in [0.2, 0.25) is 0 Å². The monoisotopic (exact) mass is 460 g/mol. The second-order valence-electron chi connectivity index (χ2n) is 6.73. The molecule has 0 aliphatic heterocycles. The number of para-hydroxylation sites is 1. The smallest absolute Gasteiger partial charge is 0.262 e. The Hall–Kier alpha value is -3.36. The molecule has 3 aromatic rings. The van der Waals surface area contributed by atoms with Gasteiger partial charge in [0, 0.05) is 10.0 Å². The zero-order valence-corrected chi connectivity index (χ0v) is 18.1. The van der Waals surface area contributed by atoms with Crippen LogP contribution in [0.5, 0.6) is 5.75 Å². The number of amides is 1. The number of hydrogen-bond donors (Lipinski definition) is 1. The van der Waals surface area contributed by atoms with Crippen LogP contribution in [0.2, 0.25) is 0 Å². The Morgan fingerprint density at radius 3 is 2.43 bits per heavy atom. The minimum atomic E-state index is -0.420. The number of carbonyl (C=O) groups excluding carboxylic acids is 1. The number of hydrogen-bond acceptors (Lipinski definition) is 3. The van der Waals surface area contributed by atoms with Crippen LogP contribution in [0.4, 0.5) is 0 Å². The fourth-order valence-corrected chi connectivity index (χ4v) is 3.14. The van der Waals surface area contributed by atoms with Gasteiger partial charge in [-0.05, 0) is 42.3 Å². The van der Waals surface area contributed by atoms with E-state index in [2.05, 4.69) is 21.2 Å². The quantitative estimate of drug-likeness (QED) is 0.357. The highest BCUT2D eigenvalue weighted by molar-refractivity contribution is 9.10. The average molecular weight is 461 g/mol. The predicted octanol–water partition coefficient (Wildman–Crippen LogP) is 5.81. The van der Waals surface area contributed by atoms with Crippen molar-refractivity contribution in [1.29, 1.82) is 5.26 Å². The Balaban J connectivity index is 1.74. The molecular formula is C25H21BrN2O2. The van der Waals surface area contributed by atoms with Gasteiger partial charge >= 0.3 is 0 Å². The van der Waals surface area contributed by atoms with Crippen molar-refractivity contribution >= 4 is 27.9 Å². The SMILES string of the molecule is C[C@H](NC(=O)/C(C#N)=C/c1ccccc1OCc1ccc(Br)cc1)c1ccccc1. The lowest BCUT2D eigenvalue weighted by atomic mass is 10.1. The van der Waals surface area contributed by atoms with E-state index in [9.17, 15) is 10.1 Å². The van der Waals surface area contributed by atoms with Crippen molar-refractivity contribution < 1.29 is 9.53 Å². The van der Waals surface area contributed by atoms with Crippen molar-refractivity contribution in [1.82, 2.24) is 5.32 Å². The van der Waals surface area contributed by atoms with E-state index in [1.165, 1.54) is 0 Å². The van der Waals surface area contributed by atoms with Gasteiger partial charge in [0.15, 0.2) is 0 Å². The van der Waals surface area contributed by atoms with Crippen molar-refractivity contribution in [3.05, 3.63) is 106 Å². The maximum absolute atomic E-state index is 12.6. The molecule has 1 amide bonds. The number of nitrogens with zero attached hydrogens (tertiary/aromatic N) is 1. The number of benzene rings is 3. The van der Waals surface area contributed by atoms with E-state index >= 15 is 0 Å². The first-order valence-electron chi connectivity index (χ1n) is 9.50. The molecule has 0 bridgehead atoms. The molecule has 3 aromatic carbocycles. The van der Waals surface area contributed by atoms with E-state index in [1.807, 2.05) is 91.9 Å². The first-order valence-corrected chi connectivity index (χ1v) is 10.3. The predicted molar refractivity (Wildman–Crippen MR) is 122 cm³/mol. The molecule has 4 nitrogen and oxygen atoms in total. The molecule has 0 heterocycles. The molecule has 0 aliphatic rings. The van der Waals surface area contributed by atoms with Crippen LogP contribution in [-0.4, -0.2) is 5.91 Å². The lowest BCUT2D eigenvalue weighted by molar-refractivity contribution is -0.117. The summed E-state index contributed by atoms with van der Waals surface area (Å²) in [6.07, 6.45) is 1.56. The third kappa shape index (κ3) is 5.82. The van der Waals surface area contributed by atoms with Crippen LogP contribution in [-0.2, 0) is 11.4 Å². The maximum Gasteiger partial charge on any atom is 0.262 e. The van der Waals surface area contributed by atoms with E-state index in [1.54, 1.807) is 6.08 Å². The fourth-order valence-electron chi connectivity index (χ4n) is 2.88. The number of carbonyl (C=O) groups is 1. The summed E-state index contributed by atoms with van der Waals surface area (Å²) in [4.78, 5) is 12.6. The van der Waals surface area contributed by atoms with Gasteiger partial charge < -0.3 is 10.1 Å². The first kappa shape index (κ1) is 21.4. The van der Waals surface area contributed by atoms with Gasteiger partial charge in [-0.1, -0.05) is 76.6 Å². The third-order valence-corrected chi connectivity index (χ3v) is 5.07. The molecule has 0 saturated carbocycles. The molecular weight excluding hydrogens is 440 g/mol. The number of rotatable bonds is 7. The molecule has 0 saturated heterocycles. The Morgan fingerprint density at radius 2 is 1.73 bits per heavy atom. The highest BCUT2D eigenvalue weighted by Gasteiger charge is 2.14. The Kier molecular flexibility index (Phi) is 7.42. The summed E-state index contributed by atoms with van der Waals surface area (Å²) in [5.41, 5.74) is 2.69. The van der Waals surface area contributed by atoms with E-state index in [0.29, 0.717) is 17.9 Å². The van der Waals surface area contributed by atoms with Gasteiger partial charge in [0.25, 0.3) is 5.91 Å². The summed E-state index contributed by atoms with van der Waals surface area (Å²) >= 11 is 3.42. The van der Waals surface area contributed by atoms with Gasteiger partial charge in [-0.3, -0.25) is 4.79 Å². The van der Waals surface area contributed by atoms with Crippen LogP contribution < -0.4 is 10.1 Å². The Labute approximate surface area is 184 Å². The first-order chi connectivity index (χ1) is 14.6. The van der Waals surface area contributed by atoms with Gasteiger partial charge in [-0.15, -0.1) is 0 Å². The minimum Gasteiger partial charge on any atom is -0.488 e. The van der Waals surface area contributed by atoms with E-state index in [0.717, 1.165) is 15.6 Å². The number of nitriles is 1. The summed E-state index contributed by atoms with van der Waals surface area (Å²) in [5, 5.41) is 12.4. The van der Waals surface area contributed by atoms with E-state index < -0.39 is 5.91 Å². The molecule has 5 heteroatoms. The highest BCUT2D eigenvalue weighted by atomic mass is 79.9. The summed E-state index contributed by atoms with van der Waals surface area (Å²) < 4.78 is 6.94. The molecule has 1 atom stereocenters. The van der Waals surface area contributed by atoms with Crippen molar-refractivity contribution in [3.8, 4) is 11.8 Å². The minimum absolute atomic E-state index is 0.0254. The average Bonchev–Trinajstić information content (AvgIpc) is 2.78. The van der Waals surface area contributed by atoms with Crippen molar-refractivity contribution in [2.75, 3.05) is 0 Å². The zero-order chi connectivity index (χ0) is 21.3. The molecule has 0 unspecified atom stereocenters. The molecule has 0 aliphatic carbocycles. The normalized spacial score (nSPS) is 12.0. The molecule has 0 fully saturated rings. The molecule has 3 rings (SSSR count). The van der Waals surface area contributed by atoms with Crippen LogP contribution in [0.25, 0.3) is 6.08 Å². The van der Waals surface area contributed by atoms with Crippen molar-refractivity contribution in [2.45, 2.75) is 19.6 Å². The highest BCUT2D eigenvalue weighted by Crippen LogP contribution is 2.23. The van der Waals surface area contributed by atoms with E-state index in [4.69, 9.17) is 4.74 Å². The maximum atomic E-state index is 12.6. The molecule has 0 spiro atoms.